The van der Waals surface area contributed by atoms with Crippen molar-refractivity contribution >= 4 is 40.3 Å². The Morgan fingerprint density at radius 1 is 1.06 bits per heavy atom. The van der Waals surface area contributed by atoms with Crippen LogP contribution in [0.15, 0.2) is 52.3 Å². The van der Waals surface area contributed by atoms with Gasteiger partial charge in [-0.2, -0.15) is 0 Å². The fourth-order valence-electron chi connectivity index (χ4n) is 4.47. The lowest BCUT2D eigenvalue weighted by molar-refractivity contribution is 0.319. The summed E-state index contributed by atoms with van der Waals surface area (Å²) in [6.07, 6.45) is 3.75. The third-order valence-corrected chi connectivity index (χ3v) is 7.66. The van der Waals surface area contributed by atoms with Crippen molar-refractivity contribution in [3.05, 3.63) is 48.0 Å². The first kappa shape index (κ1) is 22.6. The molecule has 2 aromatic carbocycles. The van der Waals surface area contributed by atoms with Crippen LogP contribution in [-0.4, -0.2) is 42.1 Å². The van der Waals surface area contributed by atoms with Gasteiger partial charge in [0, 0.05) is 34.5 Å². The lowest BCUT2D eigenvalue weighted by Gasteiger charge is -2.39. The number of nitrogens with zero attached hydrogens (tertiary/aromatic N) is 2. The molecule has 2 aliphatic rings. The van der Waals surface area contributed by atoms with E-state index in [4.69, 9.17) is 12.2 Å². The topological polar surface area (TPSA) is 18.5 Å². The van der Waals surface area contributed by atoms with E-state index in [2.05, 4.69) is 85.3 Å². The number of benzene rings is 2. The van der Waals surface area contributed by atoms with Crippen molar-refractivity contribution in [2.45, 2.75) is 62.8 Å². The van der Waals surface area contributed by atoms with Crippen molar-refractivity contribution < 1.29 is 0 Å². The van der Waals surface area contributed by atoms with Crippen LogP contribution in [-0.2, 0) is 0 Å². The van der Waals surface area contributed by atoms with E-state index in [1.807, 2.05) is 11.8 Å². The molecule has 1 atom stereocenters. The Hall–Kier alpha value is -1.56. The molecular weight excluding hydrogens is 418 g/mol. The summed E-state index contributed by atoms with van der Waals surface area (Å²) in [7, 11) is 0. The van der Waals surface area contributed by atoms with Crippen LogP contribution in [0, 0.1) is 5.41 Å². The maximum atomic E-state index is 5.77. The maximum absolute atomic E-state index is 5.77. The van der Waals surface area contributed by atoms with Gasteiger partial charge in [-0.1, -0.05) is 63.0 Å². The summed E-state index contributed by atoms with van der Waals surface area (Å²) in [6, 6.07) is 15.9. The van der Waals surface area contributed by atoms with Gasteiger partial charge in [0.2, 0.25) is 0 Å². The number of nitrogens with one attached hydrogen (secondary N) is 1. The smallest absolute Gasteiger partial charge is 0.106 e. The molecule has 166 valence electrons. The highest BCUT2D eigenvalue weighted by Gasteiger charge is 2.29. The van der Waals surface area contributed by atoms with Crippen LogP contribution >= 0.6 is 24.0 Å². The molecule has 2 heterocycles. The second kappa shape index (κ2) is 9.51. The number of rotatable bonds is 6. The van der Waals surface area contributed by atoms with Crippen molar-refractivity contribution in [1.82, 2.24) is 10.2 Å². The van der Waals surface area contributed by atoms with Crippen LogP contribution < -0.4 is 10.2 Å². The summed E-state index contributed by atoms with van der Waals surface area (Å²) in [5.74, 6) is 0. The van der Waals surface area contributed by atoms with Gasteiger partial charge in [0.05, 0.1) is 11.4 Å². The number of hydrogen-bond acceptors (Lipinski definition) is 4. The Kier molecular flexibility index (Phi) is 6.95. The molecule has 0 radical (unpaired) electrons. The Labute approximate surface area is 197 Å². The number of hydrogen-bond donors (Lipinski definition) is 1. The van der Waals surface area contributed by atoms with E-state index in [1.54, 1.807) is 0 Å². The van der Waals surface area contributed by atoms with Crippen molar-refractivity contribution in [3.8, 4) is 0 Å². The molecular formula is C26H35N3S2. The molecule has 0 unspecified atom stereocenters. The fraction of sp³-hybridized carbons (Fsp3) is 0.500. The number of thiocarbonyl (C=S) groups is 1. The van der Waals surface area contributed by atoms with Crippen LogP contribution in [0.25, 0.3) is 0 Å². The average Bonchev–Trinajstić information content (AvgIpc) is 3.23. The molecule has 0 aliphatic carbocycles. The summed E-state index contributed by atoms with van der Waals surface area (Å²) in [5, 5.41) is 3.48. The first-order valence-electron chi connectivity index (χ1n) is 11.5. The Bertz CT molecular complexity index is 928. The largest absolute Gasteiger partial charge is 0.376 e. The van der Waals surface area contributed by atoms with E-state index in [0.29, 0.717) is 11.5 Å². The van der Waals surface area contributed by atoms with E-state index in [0.717, 1.165) is 30.1 Å². The van der Waals surface area contributed by atoms with Crippen LogP contribution in [0.1, 0.15) is 52.5 Å². The minimum Gasteiger partial charge on any atom is -0.376 e. The summed E-state index contributed by atoms with van der Waals surface area (Å²) in [5.41, 5.74) is 4.02. The third-order valence-electron chi connectivity index (χ3n) is 6.15. The number of para-hydroxylation sites is 1. The van der Waals surface area contributed by atoms with E-state index in [9.17, 15) is 0 Å². The highest BCUT2D eigenvalue weighted by Crippen LogP contribution is 2.49. The van der Waals surface area contributed by atoms with Crippen molar-refractivity contribution in [2.75, 3.05) is 31.1 Å². The second-order valence-corrected chi connectivity index (χ2v) is 11.5. The molecule has 0 amide bonds. The van der Waals surface area contributed by atoms with Crippen LogP contribution in [0.5, 0.6) is 0 Å². The zero-order valence-corrected chi connectivity index (χ0v) is 20.9. The molecule has 2 aliphatic heterocycles. The third kappa shape index (κ3) is 5.44. The second-order valence-electron chi connectivity index (χ2n) is 10.0. The van der Waals surface area contributed by atoms with E-state index < -0.39 is 0 Å². The molecule has 2 aromatic rings. The predicted octanol–water partition coefficient (Wildman–Crippen LogP) is 6.47. The number of fused-ring (bicyclic) bond motifs is 2. The molecule has 0 aromatic heterocycles. The molecule has 0 bridgehead atoms. The van der Waals surface area contributed by atoms with Gasteiger partial charge in [-0.25, -0.2) is 0 Å². The Balaban J connectivity index is 1.60. The molecule has 1 fully saturated rings. The van der Waals surface area contributed by atoms with Gasteiger partial charge < -0.3 is 15.1 Å². The van der Waals surface area contributed by atoms with Gasteiger partial charge in [0.1, 0.15) is 4.99 Å². The lowest BCUT2D eigenvalue weighted by Crippen LogP contribution is -2.40. The van der Waals surface area contributed by atoms with Gasteiger partial charge in [-0.05, 0) is 69.0 Å². The SMILES string of the molecule is C[C@H](CN1CCCC1)N1c2ccccc2Sc2ccc(C(=S)NCCC(C)(C)C)cc21. The molecule has 5 heteroatoms. The first-order valence-corrected chi connectivity index (χ1v) is 12.7. The average molecular weight is 454 g/mol. The maximum Gasteiger partial charge on any atom is 0.106 e. The molecule has 1 N–H and O–H groups in total. The summed E-state index contributed by atoms with van der Waals surface area (Å²) in [6.45, 7) is 13.6. The van der Waals surface area contributed by atoms with E-state index >= 15 is 0 Å². The molecule has 0 saturated carbocycles. The van der Waals surface area contributed by atoms with Gasteiger partial charge in [-0.3, -0.25) is 0 Å². The lowest BCUT2D eigenvalue weighted by atomic mass is 9.92. The Morgan fingerprint density at radius 2 is 1.77 bits per heavy atom. The van der Waals surface area contributed by atoms with Crippen LogP contribution in [0.3, 0.4) is 0 Å². The molecule has 31 heavy (non-hydrogen) atoms. The Morgan fingerprint density at radius 3 is 2.52 bits per heavy atom. The highest BCUT2D eigenvalue weighted by atomic mass is 32.2. The van der Waals surface area contributed by atoms with Gasteiger partial charge >= 0.3 is 0 Å². The minimum absolute atomic E-state index is 0.306. The summed E-state index contributed by atoms with van der Waals surface area (Å²) < 4.78 is 0. The summed E-state index contributed by atoms with van der Waals surface area (Å²) in [4.78, 5) is 8.65. The van der Waals surface area contributed by atoms with E-state index in [1.165, 1.54) is 47.1 Å². The molecule has 4 rings (SSSR count). The zero-order chi connectivity index (χ0) is 22.0. The number of anilines is 2. The normalized spacial score (nSPS) is 17.2. The van der Waals surface area contributed by atoms with Crippen molar-refractivity contribution in [2.24, 2.45) is 5.41 Å². The zero-order valence-electron chi connectivity index (χ0n) is 19.3. The van der Waals surface area contributed by atoms with Crippen LogP contribution in [0.2, 0.25) is 0 Å². The fourth-order valence-corrected chi connectivity index (χ4v) is 5.75. The standard InChI is InChI=1S/C26H35N3S2/c1-19(18-28-15-7-8-16-28)29-21-9-5-6-10-23(21)31-24-12-11-20(17-22(24)29)25(30)27-14-13-26(2,3)4/h5-6,9-12,17,19H,7-8,13-16,18H2,1-4H3,(H,27,30)/t19-/m1/s1. The van der Waals surface area contributed by atoms with Crippen LogP contribution in [0.4, 0.5) is 11.4 Å². The van der Waals surface area contributed by atoms with Crippen molar-refractivity contribution in [3.63, 3.8) is 0 Å². The van der Waals surface area contributed by atoms with E-state index in [-0.39, 0.29) is 0 Å². The van der Waals surface area contributed by atoms with Gasteiger partial charge in [0.25, 0.3) is 0 Å². The highest BCUT2D eigenvalue weighted by molar-refractivity contribution is 7.99. The quantitative estimate of drug-likeness (QED) is 0.503. The van der Waals surface area contributed by atoms with Crippen molar-refractivity contribution in [1.29, 1.82) is 0 Å². The summed E-state index contributed by atoms with van der Waals surface area (Å²) >= 11 is 7.64. The number of likely N-dealkylation sites (tertiary alicyclic amines) is 1. The first-order chi connectivity index (χ1) is 14.8. The van der Waals surface area contributed by atoms with Gasteiger partial charge in [-0.15, -0.1) is 0 Å². The molecule has 0 spiro atoms. The predicted molar refractivity (Wildman–Crippen MR) is 138 cm³/mol. The van der Waals surface area contributed by atoms with Gasteiger partial charge in [0.15, 0.2) is 0 Å². The molecule has 1 saturated heterocycles. The minimum atomic E-state index is 0.306. The monoisotopic (exact) mass is 453 g/mol. The molecule has 3 nitrogen and oxygen atoms in total.